The van der Waals surface area contributed by atoms with Crippen molar-refractivity contribution in [1.29, 1.82) is 0 Å². The maximum absolute atomic E-state index is 12.1. The lowest BCUT2D eigenvalue weighted by molar-refractivity contribution is 0.552. The van der Waals surface area contributed by atoms with Gasteiger partial charge in [0.1, 0.15) is 5.82 Å². The Morgan fingerprint density at radius 2 is 1.83 bits per heavy atom. The molecule has 0 aliphatic heterocycles. The minimum atomic E-state index is 0.0722. The van der Waals surface area contributed by atoms with E-state index in [0.717, 1.165) is 56.3 Å². The Hall–Kier alpha value is -1.12. The molecular formula is C15H26N2O. The van der Waals surface area contributed by atoms with Crippen LogP contribution in [0.3, 0.4) is 0 Å². The summed E-state index contributed by atoms with van der Waals surface area (Å²) in [5.74, 6) is 1.20. The van der Waals surface area contributed by atoms with Gasteiger partial charge < -0.3 is 4.98 Å². The van der Waals surface area contributed by atoms with Crippen molar-refractivity contribution in [3.63, 3.8) is 0 Å². The minimum absolute atomic E-state index is 0.0722. The van der Waals surface area contributed by atoms with Crippen molar-refractivity contribution >= 4 is 0 Å². The van der Waals surface area contributed by atoms with E-state index in [-0.39, 0.29) is 5.56 Å². The third kappa shape index (κ3) is 4.28. The quantitative estimate of drug-likeness (QED) is 0.762. The fourth-order valence-electron chi connectivity index (χ4n) is 2.36. The highest BCUT2D eigenvalue weighted by molar-refractivity contribution is 5.12. The Morgan fingerprint density at radius 3 is 2.33 bits per heavy atom. The zero-order chi connectivity index (χ0) is 13.4. The summed E-state index contributed by atoms with van der Waals surface area (Å²) in [7, 11) is 0. The van der Waals surface area contributed by atoms with Crippen LogP contribution in [0.15, 0.2) is 11.0 Å². The number of H-pyrrole nitrogens is 1. The molecule has 0 atom stereocenters. The van der Waals surface area contributed by atoms with Crippen LogP contribution < -0.4 is 5.56 Å². The fourth-order valence-corrected chi connectivity index (χ4v) is 2.36. The topological polar surface area (TPSA) is 45.8 Å². The molecule has 102 valence electrons. The van der Waals surface area contributed by atoms with Crippen LogP contribution in [0.1, 0.15) is 76.6 Å². The molecule has 1 rings (SSSR count). The van der Waals surface area contributed by atoms with Gasteiger partial charge >= 0.3 is 0 Å². The average molecular weight is 250 g/mol. The molecular weight excluding hydrogens is 224 g/mol. The highest BCUT2D eigenvalue weighted by Crippen LogP contribution is 2.23. The zero-order valence-corrected chi connectivity index (χ0v) is 12.0. The van der Waals surface area contributed by atoms with Gasteiger partial charge in [-0.3, -0.25) is 4.79 Å². The van der Waals surface area contributed by atoms with E-state index >= 15 is 0 Å². The molecule has 0 fully saturated rings. The number of aromatic nitrogens is 2. The van der Waals surface area contributed by atoms with Crippen molar-refractivity contribution < 1.29 is 0 Å². The standard InChI is InChI=1S/C15H26N2O/c1-4-7-10-14-16-11-13(15(18)17-14)12(8-5-2)9-6-3/h11-12H,4-10H2,1-3H3,(H,16,17,18). The summed E-state index contributed by atoms with van der Waals surface area (Å²) in [6.07, 6.45) is 9.26. The third-order valence-electron chi connectivity index (χ3n) is 3.36. The lowest BCUT2D eigenvalue weighted by Crippen LogP contribution is -2.19. The van der Waals surface area contributed by atoms with Crippen LogP contribution in [0.5, 0.6) is 0 Å². The fraction of sp³-hybridized carbons (Fsp3) is 0.733. The Bertz CT molecular complexity index is 392. The maximum Gasteiger partial charge on any atom is 0.254 e. The van der Waals surface area contributed by atoms with Gasteiger partial charge in [0, 0.05) is 18.2 Å². The van der Waals surface area contributed by atoms with Crippen molar-refractivity contribution in [2.75, 3.05) is 0 Å². The second-order valence-electron chi connectivity index (χ2n) is 4.99. The predicted octanol–water partition coefficient (Wildman–Crippen LogP) is 3.80. The molecule has 1 aromatic heterocycles. The average Bonchev–Trinajstić information content (AvgIpc) is 2.36. The number of hydrogen-bond acceptors (Lipinski definition) is 2. The summed E-state index contributed by atoms with van der Waals surface area (Å²) in [6, 6.07) is 0. The summed E-state index contributed by atoms with van der Waals surface area (Å²) < 4.78 is 0. The van der Waals surface area contributed by atoms with Crippen molar-refractivity contribution in [3.8, 4) is 0 Å². The van der Waals surface area contributed by atoms with Crippen molar-refractivity contribution in [2.24, 2.45) is 0 Å². The lowest BCUT2D eigenvalue weighted by atomic mass is 9.92. The van der Waals surface area contributed by atoms with Crippen LogP contribution in [0, 0.1) is 0 Å². The molecule has 3 nitrogen and oxygen atoms in total. The molecule has 3 heteroatoms. The molecule has 1 aromatic rings. The largest absolute Gasteiger partial charge is 0.310 e. The summed E-state index contributed by atoms with van der Waals surface area (Å²) in [5.41, 5.74) is 0.946. The number of aromatic amines is 1. The van der Waals surface area contributed by atoms with Crippen LogP contribution in [0.25, 0.3) is 0 Å². The highest BCUT2D eigenvalue weighted by atomic mass is 16.1. The van der Waals surface area contributed by atoms with Gasteiger partial charge in [-0.2, -0.15) is 0 Å². The normalized spacial score (nSPS) is 11.1. The van der Waals surface area contributed by atoms with E-state index in [1.165, 1.54) is 0 Å². The van der Waals surface area contributed by atoms with Gasteiger partial charge in [-0.05, 0) is 25.2 Å². The first-order valence-corrected chi connectivity index (χ1v) is 7.30. The molecule has 1 N–H and O–H groups in total. The predicted molar refractivity (Wildman–Crippen MR) is 76.0 cm³/mol. The molecule has 0 saturated heterocycles. The summed E-state index contributed by atoms with van der Waals surface area (Å²) in [6.45, 7) is 6.48. The second-order valence-corrected chi connectivity index (χ2v) is 4.99. The monoisotopic (exact) mass is 250 g/mol. The van der Waals surface area contributed by atoms with Crippen LogP contribution >= 0.6 is 0 Å². The van der Waals surface area contributed by atoms with Gasteiger partial charge in [0.05, 0.1) is 0 Å². The number of nitrogens with zero attached hydrogens (tertiary/aromatic N) is 1. The third-order valence-corrected chi connectivity index (χ3v) is 3.36. The van der Waals surface area contributed by atoms with Gasteiger partial charge in [0.15, 0.2) is 0 Å². The SMILES string of the molecule is CCCCc1ncc(C(CCC)CCC)c(=O)[nH]1. The van der Waals surface area contributed by atoms with Gasteiger partial charge in [0.2, 0.25) is 0 Å². The molecule has 0 bridgehead atoms. The smallest absolute Gasteiger partial charge is 0.254 e. The highest BCUT2D eigenvalue weighted by Gasteiger charge is 2.14. The summed E-state index contributed by atoms with van der Waals surface area (Å²) in [5, 5.41) is 0. The molecule has 1 heterocycles. The maximum atomic E-state index is 12.1. The van der Waals surface area contributed by atoms with Gasteiger partial charge in [-0.15, -0.1) is 0 Å². The van der Waals surface area contributed by atoms with Crippen molar-refractivity contribution in [1.82, 2.24) is 9.97 Å². The van der Waals surface area contributed by atoms with Crippen molar-refractivity contribution in [3.05, 3.63) is 27.9 Å². The molecule has 0 unspecified atom stereocenters. The molecule has 0 aromatic carbocycles. The molecule has 18 heavy (non-hydrogen) atoms. The van der Waals surface area contributed by atoms with Gasteiger partial charge in [0.25, 0.3) is 5.56 Å². The number of rotatable bonds is 8. The van der Waals surface area contributed by atoms with E-state index in [9.17, 15) is 4.79 Å². The number of nitrogens with one attached hydrogen (secondary N) is 1. The van der Waals surface area contributed by atoms with Gasteiger partial charge in [-0.1, -0.05) is 40.0 Å². The van der Waals surface area contributed by atoms with Crippen molar-refractivity contribution in [2.45, 2.75) is 71.6 Å². The second kappa shape index (κ2) is 8.06. The number of hydrogen-bond donors (Lipinski definition) is 1. The van der Waals surface area contributed by atoms with Crippen LogP contribution in [-0.2, 0) is 6.42 Å². The first kappa shape index (κ1) is 14.9. The Balaban J connectivity index is 2.85. The van der Waals surface area contributed by atoms with E-state index in [4.69, 9.17) is 0 Å². The minimum Gasteiger partial charge on any atom is -0.310 e. The van der Waals surface area contributed by atoms with E-state index < -0.39 is 0 Å². The van der Waals surface area contributed by atoms with Crippen LogP contribution in [0.2, 0.25) is 0 Å². The van der Waals surface area contributed by atoms with E-state index in [0.29, 0.717) is 5.92 Å². The zero-order valence-electron chi connectivity index (χ0n) is 12.0. The number of unbranched alkanes of at least 4 members (excludes halogenated alkanes) is 1. The summed E-state index contributed by atoms with van der Waals surface area (Å²) in [4.78, 5) is 19.4. The molecule has 0 aliphatic rings. The van der Waals surface area contributed by atoms with Gasteiger partial charge in [-0.25, -0.2) is 4.98 Å². The first-order chi connectivity index (χ1) is 8.72. The van der Waals surface area contributed by atoms with E-state index in [2.05, 4.69) is 30.7 Å². The Morgan fingerprint density at radius 1 is 1.17 bits per heavy atom. The van der Waals surface area contributed by atoms with Crippen LogP contribution in [-0.4, -0.2) is 9.97 Å². The summed E-state index contributed by atoms with van der Waals surface area (Å²) >= 11 is 0. The Labute approximate surface area is 110 Å². The van der Waals surface area contributed by atoms with E-state index in [1.807, 2.05) is 0 Å². The van der Waals surface area contributed by atoms with E-state index in [1.54, 1.807) is 6.20 Å². The molecule has 0 spiro atoms. The molecule has 0 aliphatic carbocycles. The van der Waals surface area contributed by atoms with Crippen LogP contribution in [0.4, 0.5) is 0 Å². The molecule has 0 saturated carbocycles. The lowest BCUT2D eigenvalue weighted by Gasteiger charge is -2.14. The number of aryl methyl sites for hydroxylation is 1. The molecule has 0 radical (unpaired) electrons. The Kier molecular flexibility index (Phi) is 6.69. The molecule has 0 amide bonds. The first-order valence-electron chi connectivity index (χ1n) is 7.30.